The van der Waals surface area contributed by atoms with Crippen molar-refractivity contribution in [3.63, 3.8) is 0 Å². The Morgan fingerprint density at radius 2 is 1.40 bits per heavy atom. The van der Waals surface area contributed by atoms with Crippen molar-refractivity contribution in [2.45, 2.75) is 31.7 Å². The van der Waals surface area contributed by atoms with Gasteiger partial charge in [-0.2, -0.15) is 0 Å². The summed E-state index contributed by atoms with van der Waals surface area (Å²) >= 11 is 0. The van der Waals surface area contributed by atoms with E-state index in [9.17, 15) is 9.90 Å². The summed E-state index contributed by atoms with van der Waals surface area (Å²) in [5.74, 6) is -0.660. The Hall–Kier alpha value is -4.39. The van der Waals surface area contributed by atoms with Crippen molar-refractivity contribution in [3.05, 3.63) is 132 Å². The summed E-state index contributed by atoms with van der Waals surface area (Å²) in [5.41, 5.74) is 4.74. The van der Waals surface area contributed by atoms with Crippen LogP contribution in [0, 0.1) is 5.92 Å². The summed E-state index contributed by atoms with van der Waals surface area (Å²) < 4.78 is 12.7. The van der Waals surface area contributed by atoms with Crippen LogP contribution in [-0.4, -0.2) is 22.8 Å². The van der Waals surface area contributed by atoms with Crippen LogP contribution in [0.5, 0.6) is 5.75 Å². The van der Waals surface area contributed by atoms with E-state index in [0.717, 1.165) is 28.2 Å². The molecule has 4 aromatic carbocycles. The molecule has 0 aromatic heterocycles. The van der Waals surface area contributed by atoms with E-state index in [2.05, 4.69) is 41.3 Å². The number of phenolic OH excluding ortho intramolecular Hbond substituents is 1. The van der Waals surface area contributed by atoms with Gasteiger partial charge in [0.15, 0.2) is 6.29 Å². The zero-order chi connectivity index (χ0) is 27.7. The van der Waals surface area contributed by atoms with E-state index in [0.29, 0.717) is 19.4 Å². The number of allylic oxidation sites excluding steroid dienone is 2. The Kier molecular flexibility index (Phi) is 8.91. The summed E-state index contributed by atoms with van der Waals surface area (Å²) in [4.78, 5) is 13.0. The molecule has 0 amide bonds. The van der Waals surface area contributed by atoms with E-state index < -0.39 is 12.3 Å². The van der Waals surface area contributed by atoms with E-state index in [4.69, 9.17) is 14.6 Å². The number of hydrogen-bond acceptors (Lipinski definition) is 5. The number of anilines is 3. The number of aromatic hydroxyl groups is 1. The predicted octanol–water partition coefficient (Wildman–Crippen LogP) is 8.08. The molecule has 0 saturated carbocycles. The van der Waals surface area contributed by atoms with Crippen molar-refractivity contribution < 1.29 is 24.5 Å². The van der Waals surface area contributed by atoms with E-state index in [-0.39, 0.29) is 24.2 Å². The Morgan fingerprint density at radius 1 is 0.800 bits per heavy atom. The molecule has 0 aliphatic carbocycles. The maximum Gasteiger partial charge on any atom is 0.303 e. The number of carbonyl (C=O) groups is 1. The molecule has 0 spiro atoms. The Morgan fingerprint density at radius 3 is 2.02 bits per heavy atom. The van der Waals surface area contributed by atoms with Crippen LogP contribution in [0.3, 0.4) is 0 Å². The van der Waals surface area contributed by atoms with E-state index >= 15 is 0 Å². The molecule has 1 aliphatic heterocycles. The third-order valence-corrected chi connectivity index (χ3v) is 6.99. The van der Waals surface area contributed by atoms with Crippen molar-refractivity contribution in [2.24, 2.45) is 5.92 Å². The van der Waals surface area contributed by atoms with Crippen LogP contribution in [-0.2, 0) is 14.3 Å². The highest BCUT2D eigenvalue weighted by Crippen LogP contribution is 2.43. The van der Waals surface area contributed by atoms with Crippen molar-refractivity contribution >= 4 is 23.0 Å². The molecule has 4 aromatic rings. The quantitative estimate of drug-likeness (QED) is 0.200. The lowest BCUT2D eigenvalue weighted by Gasteiger charge is -2.37. The first-order chi connectivity index (χ1) is 19.6. The molecule has 3 atom stereocenters. The minimum absolute atomic E-state index is 0.0310. The summed E-state index contributed by atoms with van der Waals surface area (Å²) in [6, 6.07) is 35.9. The second-order valence-corrected chi connectivity index (χ2v) is 9.78. The number of carboxylic acid groups (broad SMARTS) is 1. The van der Waals surface area contributed by atoms with Crippen molar-refractivity contribution in [3.8, 4) is 5.75 Å². The van der Waals surface area contributed by atoms with Gasteiger partial charge in [0, 0.05) is 40.5 Å². The lowest BCUT2D eigenvalue weighted by atomic mass is 9.91. The van der Waals surface area contributed by atoms with Crippen LogP contribution >= 0.6 is 0 Å². The Labute approximate surface area is 234 Å². The van der Waals surface area contributed by atoms with Crippen molar-refractivity contribution in [1.82, 2.24) is 0 Å². The third-order valence-electron chi connectivity index (χ3n) is 6.99. The van der Waals surface area contributed by atoms with Gasteiger partial charge in [-0.05, 0) is 55.3 Å². The predicted molar refractivity (Wildman–Crippen MR) is 156 cm³/mol. The topological polar surface area (TPSA) is 79.2 Å². The second-order valence-electron chi connectivity index (χ2n) is 9.78. The van der Waals surface area contributed by atoms with Gasteiger partial charge in [0.05, 0.1) is 12.7 Å². The minimum Gasteiger partial charge on any atom is -0.508 e. The fourth-order valence-electron chi connectivity index (χ4n) is 4.98. The molecule has 1 heterocycles. The molecule has 2 N–H and O–H groups in total. The van der Waals surface area contributed by atoms with Crippen LogP contribution in [0.15, 0.2) is 121 Å². The molecule has 1 fully saturated rings. The molecular weight excluding hydrogens is 502 g/mol. The number of hydrogen-bond donors (Lipinski definition) is 2. The normalized spacial score (nSPS) is 18.9. The smallest absolute Gasteiger partial charge is 0.303 e. The first kappa shape index (κ1) is 27.2. The maximum absolute atomic E-state index is 10.8. The molecule has 0 radical (unpaired) electrons. The van der Waals surface area contributed by atoms with Gasteiger partial charge in [0.1, 0.15) is 5.75 Å². The fraction of sp³-hybridized carbons (Fsp3) is 0.206. The second kappa shape index (κ2) is 13.1. The largest absolute Gasteiger partial charge is 0.508 e. The van der Waals surface area contributed by atoms with E-state index in [1.807, 2.05) is 72.8 Å². The van der Waals surface area contributed by atoms with Crippen LogP contribution in [0.1, 0.15) is 42.8 Å². The molecular formula is C34H33NO5. The van der Waals surface area contributed by atoms with Gasteiger partial charge in [-0.1, -0.05) is 78.9 Å². The average molecular weight is 536 g/mol. The molecule has 0 unspecified atom stereocenters. The third kappa shape index (κ3) is 6.60. The lowest BCUT2D eigenvalue weighted by molar-refractivity contribution is -0.244. The molecule has 1 aliphatic rings. The first-order valence-corrected chi connectivity index (χ1v) is 13.5. The summed E-state index contributed by atoms with van der Waals surface area (Å²) in [6.45, 7) is 0.439. The van der Waals surface area contributed by atoms with Gasteiger partial charge in [-0.15, -0.1) is 0 Å². The molecule has 0 bridgehead atoms. The molecule has 5 rings (SSSR count). The standard InChI is InChI=1S/C34H33NO5/c36-31-18-11-10-17-30(31)33-26(12-4-1-9-19-32(37)38)24-39-34(40-33)25-20-22-29(23-21-25)35(27-13-5-2-6-14-27)28-15-7-3-8-16-28/h1-8,10-11,13-18,20-23,26,33-34,36H,9,12,19,24H2,(H,37,38)/b4-1-/t26-,33+,34+/m1/s1. The van der Waals surface area contributed by atoms with Crippen LogP contribution < -0.4 is 4.90 Å². The molecule has 6 heteroatoms. The number of ether oxygens (including phenoxy) is 2. The van der Waals surface area contributed by atoms with Gasteiger partial charge in [-0.3, -0.25) is 4.79 Å². The number of phenols is 1. The fourth-order valence-corrected chi connectivity index (χ4v) is 4.98. The number of benzene rings is 4. The van der Waals surface area contributed by atoms with Gasteiger partial charge < -0.3 is 24.6 Å². The van der Waals surface area contributed by atoms with Crippen LogP contribution in [0.2, 0.25) is 0 Å². The number of nitrogens with zero attached hydrogens (tertiary/aromatic N) is 1. The van der Waals surface area contributed by atoms with Gasteiger partial charge in [0.2, 0.25) is 0 Å². The first-order valence-electron chi connectivity index (χ1n) is 13.5. The van der Waals surface area contributed by atoms with Gasteiger partial charge in [0.25, 0.3) is 0 Å². The zero-order valence-corrected chi connectivity index (χ0v) is 22.2. The molecule has 204 valence electrons. The Balaban J connectivity index is 1.36. The van der Waals surface area contributed by atoms with Gasteiger partial charge >= 0.3 is 5.97 Å². The SMILES string of the molecule is O=C(O)CC/C=C\C[C@@H]1CO[C@H](c2ccc(N(c3ccccc3)c3ccccc3)cc2)O[C@@H]1c1ccccc1O. The Bertz CT molecular complexity index is 1370. The zero-order valence-electron chi connectivity index (χ0n) is 22.2. The van der Waals surface area contributed by atoms with E-state index in [1.165, 1.54) is 0 Å². The van der Waals surface area contributed by atoms with Crippen molar-refractivity contribution in [1.29, 1.82) is 0 Å². The van der Waals surface area contributed by atoms with Gasteiger partial charge in [-0.25, -0.2) is 0 Å². The maximum atomic E-state index is 10.8. The number of carboxylic acids is 1. The summed E-state index contributed by atoms with van der Waals surface area (Å²) in [5, 5.41) is 19.5. The molecule has 6 nitrogen and oxygen atoms in total. The van der Waals surface area contributed by atoms with E-state index in [1.54, 1.807) is 12.1 Å². The monoisotopic (exact) mass is 535 g/mol. The highest BCUT2D eigenvalue weighted by molar-refractivity contribution is 5.76. The summed E-state index contributed by atoms with van der Waals surface area (Å²) in [6.07, 6.45) is 4.11. The summed E-state index contributed by atoms with van der Waals surface area (Å²) in [7, 11) is 0. The highest BCUT2D eigenvalue weighted by Gasteiger charge is 2.34. The molecule has 40 heavy (non-hydrogen) atoms. The number of aliphatic carboxylic acids is 1. The average Bonchev–Trinajstić information content (AvgIpc) is 2.99. The van der Waals surface area contributed by atoms with Crippen LogP contribution in [0.25, 0.3) is 0 Å². The van der Waals surface area contributed by atoms with Crippen molar-refractivity contribution in [2.75, 3.05) is 11.5 Å². The number of rotatable bonds is 10. The molecule has 1 saturated heterocycles. The number of para-hydroxylation sites is 3. The lowest BCUT2D eigenvalue weighted by Crippen LogP contribution is -2.30. The van der Waals surface area contributed by atoms with Crippen LogP contribution in [0.4, 0.5) is 17.1 Å². The highest BCUT2D eigenvalue weighted by atomic mass is 16.7. The minimum atomic E-state index is -0.814.